The Kier molecular flexibility index (Phi) is 7.25. The Bertz CT molecular complexity index is 688. The lowest BCUT2D eigenvalue weighted by Gasteiger charge is -2.12. The van der Waals surface area contributed by atoms with Gasteiger partial charge in [0, 0.05) is 19.3 Å². The first-order valence-electron chi connectivity index (χ1n) is 8.23. The SMILES string of the molecule is CCNC(=NCc1ccccn1)NCCc1ccc(OC(F)(F)F)cc1. The van der Waals surface area contributed by atoms with Gasteiger partial charge in [0.25, 0.3) is 0 Å². The van der Waals surface area contributed by atoms with Crippen molar-refractivity contribution in [2.45, 2.75) is 26.3 Å². The summed E-state index contributed by atoms with van der Waals surface area (Å²) in [5.41, 5.74) is 1.76. The number of nitrogens with zero attached hydrogens (tertiary/aromatic N) is 2. The average Bonchev–Trinajstić information content (AvgIpc) is 2.61. The van der Waals surface area contributed by atoms with Crippen LogP contribution in [0.5, 0.6) is 5.75 Å². The number of hydrogen-bond donors (Lipinski definition) is 2. The van der Waals surface area contributed by atoms with Crippen molar-refractivity contribution in [2.24, 2.45) is 4.99 Å². The number of rotatable bonds is 7. The zero-order chi connectivity index (χ0) is 18.8. The van der Waals surface area contributed by atoms with E-state index in [1.165, 1.54) is 12.1 Å². The van der Waals surface area contributed by atoms with Crippen molar-refractivity contribution < 1.29 is 17.9 Å². The molecule has 2 N–H and O–H groups in total. The minimum Gasteiger partial charge on any atom is -0.406 e. The molecule has 0 aliphatic heterocycles. The molecule has 5 nitrogen and oxygen atoms in total. The van der Waals surface area contributed by atoms with E-state index in [1.807, 2.05) is 25.1 Å². The Morgan fingerprint density at radius 1 is 1.12 bits per heavy atom. The number of benzene rings is 1. The van der Waals surface area contributed by atoms with Crippen molar-refractivity contribution >= 4 is 5.96 Å². The van der Waals surface area contributed by atoms with E-state index < -0.39 is 6.36 Å². The molecule has 0 bridgehead atoms. The van der Waals surface area contributed by atoms with E-state index in [0.29, 0.717) is 25.5 Å². The summed E-state index contributed by atoms with van der Waals surface area (Å²) >= 11 is 0. The largest absolute Gasteiger partial charge is 0.573 e. The summed E-state index contributed by atoms with van der Waals surface area (Å²) in [6, 6.07) is 11.5. The van der Waals surface area contributed by atoms with Crippen LogP contribution in [0.4, 0.5) is 13.2 Å². The Labute approximate surface area is 150 Å². The number of aliphatic imine (C=N–C) groups is 1. The molecule has 0 atom stereocenters. The molecule has 0 aliphatic carbocycles. The van der Waals surface area contributed by atoms with Crippen LogP contribution in [-0.4, -0.2) is 30.4 Å². The van der Waals surface area contributed by atoms with E-state index in [0.717, 1.165) is 17.8 Å². The lowest BCUT2D eigenvalue weighted by Crippen LogP contribution is -2.38. The van der Waals surface area contributed by atoms with E-state index >= 15 is 0 Å². The van der Waals surface area contributed by atoms with Crippen LogP contribution in [0.25, 0.3) is 0 Å². The van der Waals surface area contributed by atoms with Gasteiger partial charge in [0.2, 0.25) is 0 Å². The van der Waals surface area contributed by atoms with Crippen molar-refractivity contribution in [3.05, 3.63) is 59.9 Å². The summed E-state index contributed by atoms with van der Waals surface area (Å²) in [7, 11) is 0. The third kappa shape index (κ3) is 7.42. The van der Waals surface area contributed by atoms with Gasteiger partial charge in [-0.2, -0.15) is 0 Å². The molecule has 1 aromatic carbocycles. The molecule has 0 unspecified atom stereocenters. The van der Waals surface area contributed by atoms with E-state index in [-0.39, 0.29) is 5.75 Å². The van der Waals surface area contributed by atoms with Gasteiger partial charge in [-0.3, -0.25) is 4.98 Å². The van der Waals surface area contributed by atoms with Crippen molar-refractivity contribution in [2.75, 3.05) is 13.1 Å². The predicted octanol–water partition coefficient (Wildman–Crippen LogP) is 3.28. The molecule has 0 saturated carbocycles. The van der Waals surface area contributed by atoms with Gasteiger partial charge in [-0.1, -0.05) is 18.2 Å². The first kappa shape index (κ1) is 19.6. The summed E-state index contributed by atoms with van der Waals surface area (Å²) in [5, 5.41) is 6.33. The van der Waals surface area contributed by atoms with Crippen LogP contribution in [0, 0.1) is 0 Å². The van der Waals surface area contributed by atoms with Gasteiger partial charge < -0.3 is 15.4 Å². The summed E-state index contributed by atoms with van der Waals surface area (Å²) in [6.45, 7) is 3.74. The normalized spacial score (nSPS) is 11.9. The van der Waals surface area contributed by atoms with E-state index in [9.17, 15) is 13.2 Å². The molecule has 26 heavy (non-hydrogen) atoms. The van der Waals surface area contributed by atoms with E-state index in [2.05, 4.69) is 25.3 Å². The fourth-order valence-electron chi connectivity index (χ4n) is 2.18. The number of hydrogen-bond acceptors (Lipinski definition) is 3. The van der Waals surface area contributed by atoms with Crippen LogP contribution < -0.4 is 15.4 Å². The second kappa shape index (κ2) is 9.65. The van der Waals surface area contributed by atoms with Crippen molar-refractivity contribution in [3.63, 3.8) is 0 Å². The molecule has 1 aromatic heterocycles. The molecular formula is C18H21F3N4O. The molecule has 0 spiro atoms. The number of pyridine rings is 1. The van der Waals surface area contributed by atoms with Gasteiger partial charge in [-0.25, -0.2) is 4.99 Å². The van der Waals surface area contributed by atoms with Crippen molar-refractivity contribution in [1.82, 2.24) is 15.6 Å². The topological polar surface area (TPSA) is 58.5 Å². The smallest absolute Gasteiger partial charge is 0.406 e. The minimum absolute atomic E-state index is 0.223. The zero-order valence-electron chi connectivity index (χ0n) is 14.4. The summed E-state index contributed by atoms with van der Waals surface area (Å²) in [6.07, 6.45) is -2.31. The third-order valence-corrected chi connectivity index (χ3v) is 3.33. The number of halogens is 3. The number of aromatic nitrogens is 1. The molecular weight excluding hydrogens is 345 g/mol. The standard InChI is InChI=1S/C18H21F3N4O/c1-2-22-17(25-13-15-5-3-4-11-23-15)24-12-10-14-6-8-16(9-7-14)26-18(19,20)21/h3-9,11H,2,10,12-13H2,1H3,(H2,22,24,25). The van der Waals surface area contributed by atoms with E-state index in [4.69, 9.17) is 0 Å². The second-order valence-corrected chi connectivity index (χ2v) is 5.38. The molecule has 0 aliphatic rings. The molecule has 0 amide bonds. The maximum Gasteiger partial charge on any atom is 0.573 e. The average molecular weight is 366 g/mol. The molecule has 0 fully saturated rings. The van der Waals surface area contributed by atoms with Gasteiger partial charge >= 0.3 is 6.36 Å². The molecule has 140 valence electrons. The molecule has 2 aromatic rings. The summed E-state index contributed by atoms with van der Waals surface area (Å²) in [4.78, 5) is 8.67. The van der Waals surface area contributed by atoms with Crippen molar-refractivity contribution in [1.29, 1.82) is 0 Å². The number of guanidine groups is 1. The fraction of sp³-hybridized carbons (Fsp3) is 0.333. The molecule has 2 rings (SSSR count). The van der Waals surface area contributed by atoms with Crippen LogP contribution in [0.1, 0.15) is 18.2 Å². The Balaban J connectivity index is 1.83. The fourth-order valence-corrected chi connectivity index (χ4v) is 2.18. The highest BCUT2D eigenvalue weighted by atomic mass is 19.4. The van der Waals surface area contributed by atoms with Gasteiger partial charge in [-0.15, -0.1) is 13.2 Å². The first-order chi connectivity index (χ1) is 12.5. The Morgan fingerprint density at radius 2 is 1.88 bits per heavy atom. The van der Waals surface area contributed by atoms with Crippen LogP contribution >= 0.6 is 0 Å². The second-order valence-electron chi connectivity index (χ2n) is 5.38. The van der Waals surface area contributed by atoms with Gasteiger partial charge in [0.1, 0.15) is 5.75 Å². The highest BCUT2D eigenvalue weighted by Gasteiger charge is 2.30. The van der Waals surface area contributed by atoms with Crippen LogP contribution in [0.2, 0.25) is 0 Å². The van der Waals surface area contributed by atoms with Crippen LogP contribution in [0.15, 0.2) is 53.7 Å². The minimum atomic E-state index is -4.67. The lowest BCUT2D eigenvalue weighted by atomic mass is 10.1. The predicted molar refractivity (Wildman–Crippen MR) is 93.9 cm³/mol. The molecule has 0 radical (unpaired) electrons. The van der Waals surface area contributed by atoms with Gasteiger partial charge in [-0.05, 0) is 43.2 Å². The highest BCUT2D eigenvalue weighted by Crippen LogP contribution is 2.22. The monoisotopic (exact) mass is 366 g/mol. The van der Waals surface area contributed by atoms with Crippen molar-refractivity contribution in [3.8, 4) is 5.75 Å². The molecule has 8 heteroatoms. The molecule has 0 saturated heterocycles. The maximum atomic E-state index is 12.1. The Hall–Kier alpha value is -2.77. The van der Waals surface area contributed by atoms with Crippen LogP contribution in [0.3, 0.4) is 0 Å². The number of nitrogens with one attached hydrogen (secondary N) is 2. The van der Waals surface area contributed by atoms with Gasteiger partial charge in [0.15, 0.2) is 5.96 Å². The lowest BCUT2D eigenvalue weighted by molar-refractivity contribution is -0.274. The summed E-state index contributed by atoms with van der Waals surface area (Å²) in [5.74, 6) is 0.439. The quantitative estimate of drug-likeness (QED) is 0.583. The molecule has 1 heterocycles. The maximum absolute atomic E-state index is 12.1. The third-order valence-electron chi connectivity index (χ3n) is 3.33. The number of ether oxygens (including phenoxy) is 1. The first-order valence-corrected chi connectivity index (χ1v) is 8.23. The highest BCUT2D eigenvalue weighted by molar-refractivity contribution is 5.79. The summed E-state index contributed by atoms with van der Waals surface area (Å²) < 4.78 is 40.3. The zero-order valence-corrected chi connectivity index (χ0v) is 14.4. The van der Waals surface area contributed by atoms with E-state index in [1.54, 1.807) is 18.3 Å². The van der Waals surface area contributed by atoms with Gasteiger partial charge in [0.05, 0.1) is 12.2 Å². The Morgan fingerprint density at radius 3 is 2.50 bits per heavy atom. The van der Waals surface area contributed by atoms with Crippen LogP contribution in [-0.2, 0) is 13.0 Å². The number of alkyl halides is 3.